The molecule has 27 heavy (non-hydrogen) atoms. The van der Waals surface area contributed by atoms with E-state index >= 15 is 0 Å². The summed E-state index contributed by atoms with van der Waals surface area (Å²) in [6.07, 6.45) is 5.54. The van der Waals surface area contributed by atoms with Crippen LogP contribution in [0.25, 0.3) is 0 Å². The summed E-state index contributed by atoms with van der Waals surface area (Å²) in [5.41, 5.74) is 1.75. The van der Waals surface area contributed by atoms with Crippen molar-refractivity contribution in [2.75, 3.05) is 32.1 Å². The number of hydrogen-bond donors (Lipinski definition) is 3. The van der Waals surface area contributed by atoms with Crippen LogP contribution in [0.5, 0.6) is 0 Å². The molecule has 1 saturated heterocycles. The first kappa shape index (κ1) is 21.1. The molecule has 0 unspecified atom stereocenters. The summed E-state index contributed by atoms with van der Waals surface area (Å²) in [7, 11) is 1.54. The lowest BCUT2D eigenvalue weighted by Gasteiger charge is -2.23. The lowest BCUT2D eigenvalue weighted by Crippen LogP contribution is -2.33. The molecule has 6 nitrogen and oxygen atoms in total. The number of unbranched alkanes of at least 4 members (excludes halogenated alkanes) is 1. The first-order valence-corrected chi connectivity index (χ1v) is 9.47. The molecule has 2 heterocycles. The normalized spacial score (nSPS) is 18.7. The summed E-state index contributed by atoms with van der Waals surface area (Å²) in [5.74, 6) is -1.05. The van der Waals surface area contributed by atoms with E-state index in [0.717, 1.165) is 25.1 Å². The highest BCUT2D eigenvalue weighted by molar-refractivity contribution is 6.03. The van der Waals surface area contributed by atoms with Gasteiger partial charge in [-0.3, -0.25) is 9.78 Å². The van der Waals surface area contributed by atoms with Crippen LogP contribution < -0.4 is 16.0 Å². The Morgan fingerprint density at radius 3 is 2.81 bits per heavy atom. The van der Waals surface area contributed by atoms with Gasteiger partial charge in [-0.05, 0) is 30.5 Å². The van der Waals surface area contributed by atoms with Gasteiger partial charge in [-0.15, -0.1) is 0 Å². The Morgan fingerprint density at radius 1 is 1.44 bits per heavy atom. The van der Waals surface area contributed by atoms with Crippen LogP contribution in [0.15, 0.2) is 41.5 Å². The SMILES string of the molecule is CCC/C=C(CC)/C(F)=C(\NC)C(=O)Nc1ccc([C@H]2CNCCO2)nc1. The fourth-order valence-corrected chi connectivity index (χ4v) is 2.81. The molecule has 1 atom stereocenters. The maximum Gasteiger partial charge on any atom is 0.274 e. The van der Waals surface area contributed by atoms with Crippen molar-refractivity contribution >= 4 is 11.6 Å². The third-order valence-electron chi connectivity index (χ3n) is 4.34. The van der Waals surface area contributed by atoms with Gasteiger partial charge >= 0.3 is 0 Å². The van der Waals surface area contributed by atoms with Crippen molar-refractivity contribution in [2.45, 2.75) is 39.2 Å². The van der Waals surface area contributed by atoms with Crippen LogP contribution in [0.1, 0.15) is 44.9 Å². The first-order valence-electron chi connectivity index (χ1n) is 9.47. The van der Waals surface area contributed by atoms with Crippen molar-refractivity contribution in [1.29, 1.82) is 0 Å². The number of aromatic nitrogens is 1. The number of morpholine rings is 1. The number of rotatable bonds is 8. The molecule has 1 fully saturated rings. The maximum absolute atomic E-state index is 14.8. The van der Waals surface area contributed by atoms with Crippen molar-refractivity contribution in [3.8, 4) is 0 Å². The zero-order valence-corrected chi connectivity index (χ0v) is 16.3. The van der Waals surface area contributed by atoms with Crippen molar-refractivity contribution < 1.29 is 13.9 Å². The first-order chi connectivity index (χ1) is 13.1. The van der Waals surface area contributed by atoms with Gasteiger partial charge in [0, 0.05) is 20.1 Å². The minimum absolute atomic E-state index is 0.0805. The molecular weight excluding hydrogens is 347 g/mol. The third-order valence-corrected chi connectivity index (χ3v) is 4.34. The number of anilines is 1. The molecule has 7 heteroatoms. The Balaban J connectivity index is 2.10. The van der Waals surface area contributed by atoms with E-state index in [9.17, 15) is 9.18 Å². The Kier molecular flexibility index (Phi) is 8.42. The number of allylic oxidation sites excluding steroid dienone is 3. The van der Waals surface area contributed by atoms with Gasteiger partial charge < -0.3 is 20.7 Å². The number of hydrogen-bond acceptors (Lipinski definition) is 5. The van der Waals surface area contributed by atoms with Crippen LogP contribution in [-0.4, -0.2) is 37.6 Å². The summed E-state index contributed by atoms with van der Waals surface area (Å²) < 4.78 is 20.4. The van der Waals surface area contributed by atoms with Gasteiger partial charge in [0.05, 0.1) is 24.2 Å². The molecule has 3 N–H and O–H groups in total. The molecule has 2 rings (SSSR count). The minimum atomic E-state index is -0.531. The van der Waals surface area contributed by atoms with E-state index in [0.29, 0.717) is 30.8 Å². The third kappa shape index (κ3) is 5.87. The molecule has 1 aromatic rings. The van der Waals surface area contributed by atoms with Crippen LogP contribution in [0.3, 0.4) is 0 Å². The quantitative estimate of drug-likeness (QED) is 0.480. The second-order valence-electron chi connectivity index (χ2n) is 6.30. The molecule has 1 aliphatic heterocycles. The number of pyridine rings is 1. The van der Waals surface area contributed by atoms with Crippen LogP contribution >= 0.6 is 0 Å². The molecule has 0 saturated carbocycles. The number of nitrogens with zero attached hydrogens (tertiary/aromatic N) is 1. The fraction of sp³-hybridized carbons (Fsp3) is 0.500. The monoisotopic (exact) mass is 376 g/mol. The van der Waals surface area contributed by atoms with Crippen LogP contribution in [0.4, 0.5) is 10.1 Å². The summed E-state index contributed by atoms with van der Waals surface area (Å²) in [6, 6.07) is 3.56. The number of likely N-dealkylation sites (N-methyl/N-ethyl adjacent to an activating group) is 1. The number of carbonyl (C=O) groups is 1. The molecule has 0 radical (unpaired) electrons. The molecule has 0 aromatic carbocycles. The van der Waals surface area contributed by atoms with Crippen molar-refractivity contribution in [2.24, 2.45) is 0 Å². The molecular formula is C20H29FN4O2. The van der Waals surface area contributed by atoms with Gasteiger partial charge in [-0.2, -0.15) is 0 Å². The standard InChI is InChI=1S/C20H29FN4O2/c1-4-6-7-14(5-2)18(21)19(22-3)20(26)25-15-8-9-16(24-12-15)17-13-23-10-11-27-17/h7-9,12,17,22-23H,4-6,10-11,13H2,1-3H3,(H,25,26)/b14-7+,19-18+/t17-/m1/s1. The summed E-state index contributed by atoms with van der Waals surface area (Å²) in [5, 5.41) is 8.62. The van der Waals surface area contributed by atoms with Crippen molar-refractivity contribution in [3.05, 3.63) is 47.2 Å². The van der Waals surface area contributed by atoms with E-state index in [2.05, 4.69) is 20.9 Å². The van der Waals surface area contributed by atoms with Crippen LogP contribution in [0.2, 0.25) is 0 Å². The zero-order valence-electron chi connectivity index (χ0n) is 16.3. The Morgan fingerprint density at radius 2 is 2.26 bits per heavy atom. The van der Waals surface area contributed by atoms with Gasteiger partial charge in [-0.1, -0.05) is 26.3 Å². The average molecular weight is 376 g/mol. The number of ether oxygens (including phenoxy) is 1. The molecule has 1 amide bonds. The Bertz CT molecular complexity index is 680. The van der Waals surface area contributed by atoms with E-state index in [4.69, 9.17) is 4.74 Å². The number of amides is 1. The van der Waals surface area contributed by atoms with Crippen molar-refractivity contribution in [1.82, 2.24) is 15.6 Å². The number of nitrogens with one attached hydrogen (secondary N) is 3. The predicted octanol–water partition coefficient (Wildman–Crippen LogP) is 3.22. The molecule has 1 aromatic heterocycles. The van der Waals surface area contributed by atoms with Gasteiger partial charge in [0.25, 0.3) is 5.91 Å². The van der Waals surface area contributed by atoms with E-state index in [1.54, 1.807) is 12.3 Å². The van der Waals surface area contributed by atoms with E-state index < -0.39 is 11.7 Å². The smallest absolute Gasteiger partial charge is 0.274 e. The molecule has 0 aliphatic carbocycles. The second kappa shape index (κ2) is 10.8. The highest BCUT2D eigenvalue weighted by atomic mass is 19.1. The maximum atomic E-state index is 14.8. The zero-order chi connectivity index (χ0) is 19.6. The lowest BCUT2D eigenvalue weighted by molar-refractivity contribution is -0.113. The largest absolute Gasteiger partial charge is 0.381 e. The van der Waals surface area contributed by atoms with Gasteiger partial charge in [-0.25, -0.2) is 4.39 Å². The number of halogens is 1. The fourth-order valence-electron chi connectivity index (χ4n) is 2.81. The van der Waals surface area contributed by atoms with Gasteiger partial charge in [0.1, 0.15) is 11.8 Å². The Labute approximate surface area is 160 Å². The minimum Gasteiger partial charge on any atom is -0.381 e. The van der Waals surface area contributed by atoms with Gasteiger partial charge in [0.2, 0.25) is 0 Å². The number of carbonyl (C=O) groups excluding carboxylic acids is 1. The topological polar surface area (TPSA) is 75.3 Å². The average Bonchev–Trinajstić information content (AvgIpc) is 2.70. The molecule has 0 spiro atoms. The van der Waals surface area contributed by atoms with E-state index in [-0.39, 0.29) is 11.8 Å². The Hall–Kier alpha value is -2.25. The highest BCUT2D eigenvalue weighted by Crippen LogP contribution is 2.21. The molecule has 1 aliphatic rings. The van der Waals surface area contributed by atoms with E-state index in [1.807, 2.05) is 26.0 Å². The van der Waals surface area contributed by atoms with Crippen LogP contribution in [-0.2, 0) is 9.53 Å². The second-order valence-corrected chi connectivity index (χ2v) is 6.30. The predicted molar refractivity (Wildman–Crippen MR) is 105 cm³/mol. The molecule has 0 bridgehead atoms. The summed E-state index contributed by atoms with van der Waals surface area (Å²) in [4.78, 5) is 16.9. The highest BCUT2D eigenvalue weighted by Gasteiger charge is 2.19. The van der Waals surface area contributed by atoms with Crippen molar-refractivity contribution in [3.63, 3.8) is 0 Å². The summed E-state index contributed by atoms with van der Waals surface area (Å²) >= 11 is 0. The summed E-state index contributed by atoms with van der Waals surface area (Å²) in [6.45, 7) is 6.09. The lowest BCUT2D eigenvalue weighted by atomic mass is 10.1. The van der Waals surface area contributed by atoms with E-state index in [1.165, 1.54) is 7.05 Å². The van der Waals surface area contributed by atoms with Gasteiger partial charge in [0.15, 0.2) is 5.83 Å². The van der Waals surface area contributed by atoms with Crippen LogP contribution in [0, 0.1) is 0 Å². The molecule has 148 valence electrons.